The molecule has 0 unspecified atom stereocenters. The van der Waals surface area contributed by atoms with E-state index in [1.165, 1.54) is 65.2 Å². The van der Waals surface area contributed by atoms with Crippen LogP contribution in [0.25, 0.3) is 33.8 Å². The Bertz CT molecular complexity index is 5880. The van der Waals surface area contributed by atoms with Gasteiger partial charge in [0, 0.05) is 249 Å². The number of ketones is 2. The molecule has 0 atom stereocenters. The number of nitrogens with one attached hydrogen (secondary N) is 3. The molecular formula is C98H104ClN20O13Y3-3. The number of rotatable bonds is 24. The number of non-ortho nitro benzene ring substituents is 4. The van der Waals surface area contributed by atoms with E-state index in [2.05, 4.69) is 85.9 Å². The summed E-state index contributed by atoms with van der Waals surface area (Å²) in [6.45, 7) is 18.4. The minimum Gasteiger partial charge on any atom is -0.383 e. The van der Waals surface area contributed by atoms with Crippen LogP contribution in [-0.2, 0) is 114 Å². The fourth-order valence-corrected chi connectivity index (χ4v) is 11.8. The van der Waals surface area contributed by atoms with E-state index in [1.54, 1.807) is 150 Å². The summed E-state index contributed by atoms with van der Waals surface area (Å²) in [4.78, 5) is 113. The van der Waals surface area contributed by atoms with Crippen molar-refractivity contribution >= 4 is 97.7 Å². The van der Waals surface area contributed by atoms with Crippen LogP contribution in [0, 0.1) is 100 Å². The zero-order valence-corrected chi connectivity index (χ0v) is 86.6. The number of halogens is 1. The SMILES string of the molecule is CC(=O)c1cc[c-]cc1.CN(C)/C=C/C(=O)c1cc[c-]cc1.CN1CCN(Cc2ccc(C(=O)Cl)cc2)CC1.COC(OC)N(C)C.Cc1ccc(-c2ccnc(Nc3cc([N+](=O)[O-])ccc3C)n2)cc1.Cc1ccc(-c2ccnc(Nc3cc([N+](=O)[O-])ccc3C)n2)cc1.Cc1ccc([N+](=O)[O-])cc1N=C(N)N.Cc1ccc([N+](=O)[O-])cc1Nc1nccc(-c2cc[c-]cc2)n1.[Y].[Y].[Y]. The van der Waals surface area contributed by atoms with Crippen molar-refractivity contribution in [2.24, 2.45) is 16.5 Å². The Morgan fingerprint density at radius 1 is 0.481 bits per heavy atom. The number of nitro benzene ring substituents is 4. The number of carbonyl (C=O) groups is 3. The number of aryl methyl sites for hydroxylation is 6. The molecule has 7 N–H and O–H groups in total. The number of Topliss-reactive ketones (excluding diaryl/α,β-unsaturated/α-hetero) is 1. The number of nitrogens with zero attached hydrogens (tertiary/aromatic N) is 15. The van der Waals surface area contributed by atoms with Gasteiger partial charge >= 0.3 is 0 Å². The molecule has 37 heteroatoms. The van der Waals surface area contributed by atoms with Gasteiger partial charge in [-0.3, -0.25) is 64.6 Å². The molecular weight excluding hydrogens is 1970 g/mol. The minimum absolute atomic E-state index is 0. The molecule has 3 aromatic heterocycles. The van der Waals surface area contributed by atoms with Gasteiger partial charge < -0.3 is 46.7 Å². The van der Waals surface area contributed by atoms with Crippen molar-refractivity contribution in [1.29, 1.82) is 0 Å². The van der Waals surface area contributed by atoms with Gasteiger partial charge in [0.05, 0.1) is 59.5 Å². The molecule has 3 radical (unpaired) electrons. The number of piperazine rings is 1. The Morgan fingerprint density at radius 2 is 0.830 bits per heavy atom. The van der Waals surface area contributed by atoms with Crippen molar-refractivity contribution in [3.8, 4) is 33.8 Å². The van der Waals surface area contributed by atoms with Crippen molar-refractivity contribution in [2.45, 2.75) is 61.4 Å². The van der Waals surface area contributed by atoms with Crippen LogP contribution in [0.5, 0.6) is 0 Å². The van der Waals surface area contributed by atoms with Gasteiger partial charge in [-0.05, 0) is 145 Å². The summed E-state index contributed by atoms with van der Waals surface area (Å²) in [5, 5.41) is 52.0. The second-order valence-electron chi connectivity index (χ2n) is 29.8. The first kappa shape index (κ1) is 115. The number of guanidine groups is 1. The molecule has 13 aromatic rings. The third-order valence-corrected chi connectivity index (χ3v) is 19.2. The van der Waals surface area contributed by atoms with E-state index in [4.69, 9.17) is 32.5 Å². The predicted octanol–water partition coefficient (Wildman–Crippen LogP) is 18.9. The van der Waals surface area contributed by atoms with Crippen LogP contribution < -0.4 is 27.4 Å². The van der Waals surface area contributed by atoms with Gasteiger partial charge in [0.15, 0.2) is 11.7 Å². The summed E-state index contributed by atoms with van der Waals surface area (Å²) >= 11 is 5.41. The molecule has 1 aliphatic rings. The number of carbonyl (C=O) groups excluding carboxylic acids is 3. The number of aromatic nitrogens is 6. The van der Waals surface area contributed by atoms with E-state index >= 15 is 0 Å². The molecule has 0 saturated carbocycles. The maximum absolute atomic E-state index is 11.4. The molecule has 0 spiro atoms. The molecule has 33 nitrogen and oxygen atoms in total. The van der Waals surface area contributed by atoms with E-state index in [0.717, 1.165) is 94.3 Å². The van der Waals surface area contributed by atoms with Crippen molar-refractivity contribution < 1.29 is 142 Å². The van der Waals surface area contributed by atoms with Gasteiger partial charge in [-0.15, -0.1) is 5.56 Å². The first-order valence-electron chi connectivity index (χ1n) is 40.8. The monoisotopic (exact) mass is 2070 g/mol. The Balaban J connectivity index is 0.000000329. The first-order chi connectivity index (χ1) is 63.1. The predicted molar refractivity (Wildman–Crippen MR) is 516 cm³/mol. The zero-order valence-electron chi connectivity index (χ0n) is 77.3. The van der Waals surface area contributed by atoms with E-state index in [1.807, 2.05) is 170 Å². The van der Waals surface area contributed by atoms with Gasteiger partial charge in [0.25, 0.3) is 28.0 Å². The number of nitro groups is 4. The van der Waals surface area contributed by atoms with Crippen LogP contribution in [0.15, 0.2) is 272 Å². The Labute approximate surface area is 865 Å². The second-order valence-corrected chi connectivity index (χ2v) is 30.1. The maximum Gasteiger partial charge on any atom is 0.271 e. The molecule has 1 aliphatic heterocycles. The van der Waals surface area contributed by atoms with Crippen LogP contribution in [0.2, 0.25) is 0 Å². The molecule has 693 valence electrons. The van der Waals surface area contributed by atoms with Gasteiger partial charge in [0.1, 0.15) is 5.78 Å². The number of anilines is 6. The smallest absolute Gasteiger partial charge is 0.271 e. The molecule has 0 amide bonds. The number of hydrogen-bond acceptors (Lipinski definition) is 27. The minimum atomic E-state index is -0.495. The van der Waals surface area contributed by atoms with Gasteiger partial charge in [-0.25, -0.2) is 34.9 Å². The van der Waals surface area contributed by atoms with Crippen molar-refractivity contribution in [3.63, 3.8) is 0 Å². The second kappa shape index (κ2) is 60.1. The molecule has 10 aromatic carbocycles. The molecule has 1 saturated heterocycles. The maximum atomic E-state index is 11.4. The van der Waals surface area contributed by atoms with E-state index in [-0.39, 0.29) is 145 Å². The Hall–Kier alpha value is -12.3. The molecule has 1 fully saturated rings. The van der Waals surface area contributed by atoms with Crippen LogP contribution in [0.3, 0.4) is 0 Å². The Morgan fingerprint density at radius 3 is 1.15 bits per heavy atom. The summed E-state index contributed by atoms with van der Waals surface area (Å²) in [7, 11) is 12.9. The number of benzene rings is 10. The summed E-state index contributed by atoms with van der Waals surface area (Å²) in [6, 6.07) is 77.4. The van der Waals surface area contributed by atoms with Crippen molar-refractivity contribution in [1.82, 2.24) is 49.5 Å². The third kappa shape index (κ3) is 40.8. The van der Waals surface area contributed by atoms with Crippen LogP contribution in [0.1, 0.15) is 76.9 Å². The average molecular weight is 2070 g/mol. The van der Waals surface area contributed by atoms with Gasteiger partial charge in [0.2, 0.25) is 24.3 Å². The van der Waals surface area contributed by atoms with Gasteiger partial charge in [-0.2, -0.15) is 91.0 Å². The summed E-state index contributed by atoms with van der Waals surface area (Å²) in [6.07, 6.45) is 8.05. The number of nitrogens with two attached hydrogens (primary N) is 2. The van der Waals surface area contributed by atoms with Gasteiger partial charge in [-0.1, -0.05) is 107 Å². The van der Waals surface area contributed by atoms with E-state index in [0.29, 0.717) is 51.7 Å². The molecule has 135 heavy (non-hydrogen) atoms. The van der Waals surface area contributed by atoms with Crippen LogP contribution in [0.4, 0.5) is 63.3 Å². The number of likely N-dealkylation sites (N-methyl/N-ethyl adjacent to an activating group) is 1. The number of allylic oxidation sites excluding steroid dienone is 1. The molecule has 0 bridgehead atoms. The van der Waals surface area contributed by atoms with Crippen LogP contribution >= 0.6 is 11.6 Å². The van der Waals surface area contributed by atoms with E-state index < -0.39 is 24.9 Å². The molecule has 4 heterocycles. The number of hydrogen-bond donors (Lipinski definition) is 5. The number of ether oxygens (including phenoxy) is 2. The largest absolute Gasteiger partial charge is 0.383 e. The quantitative estimate of drug-likeness (QED) is 0.00432. The normalized spacial score (nSPS) is 11.0. The number of methoxy groups -OCH3 is 2. The summed E-state index contributed by atoms with van der Waals surface area (Å²) in [5.74, 6) is 1.19. The fraction of sp³-hybridized carbons (Fsp3) is 0.204. The third-order valence-electron chi connectivity index (χ3n) is 19.0. The number of aliphatic imine (C=N–C) groups is 1. The topological polar surface area (TPSA) is 433 Å². The van der Waals surface area contributed by atoms with Crippen molar-refractivity contribution in [3.05, 3.63) is 382 Å². The fourth-order valence-electron chi connectivity index (χ4n) is 11.7. The first-order valence-corrected chi connectivity index (χ1v) is 41.2. The Kier molecular flexibility index (Phi) is 51.2. The average Bonchev–Trinajstić information content (AvgIpc) is 0.832. The van der Waals surface area contributed by atoms with Crippen LogP contribution in [-0.4, -0.2) is 174 Å². The summed E-state index contributed by atoms with van der Waals surface area (Å²) < 4.78 is 9.73. The molecule has 14 rings (SSSR count). The summed E-state index contributed by atoms with van der Waals surface area (Å²) in [5.41, 5.74) is 26.9. The van der Waals surface area contributed by atoms with E-state index in [9.17, 15) is 54.8 Å². The van der Waals surface area contributed by atoms with Crippen molar-refractivity contribution in [2.75, 3.05) is 91.6 Å². The molecule has 0 aliphatic carbocycles. The standard InChI is InChI=1S/2C18H16N4O2.C17H13N4O2.C13H17ClN2O.C11H12NO.C8H10N4O2.C8H7O.C5H13NO2.3Y/c2*1-12-3-6-14(7-4-12)16-9-10-19-18(20-16)21-17-11-15(22(23)24)8-5-13(17)2;1-12-7-8-14(21(22)23)11-16(12)20-17-18-10-9-15(19-17)13-5-3-2-4-6-13;1-15-6-8-16(9-7-15)10-11-2-4-12(5-3-11)13(14)17;1-12(2)9-8-11(13)10-6-4-3-5-7-10;1-5-2-3-6(12(13)14)4-7(5)11-8(9)10;1-7(9)8-5-3-2-4-6-8;1-6(2)5(7-3)8-4;;;/h2*3-11H,1-2H3,(H,19,20,21);3-11H,1H3,(H,18,19,20);2-5H,6-10H2,1H3;4-9H,1-2H3;2-4H,1H3,(H4,9,10,11);3-6H,1H3;5H,1-4H3;;;/q;;-1;;-1;;-1;;;;/b;;;;9-8+;;;;;;. The zero-order chi connectivity index (χ0) is 96.3.